The number of rotatable bonds is 4. The van der Waals surface area contributed by atoms with Gasteiger partial charge >= 0.3 is 0 Å². The lowest BCUT2D eigenvalue weighted by Crippen LogP contribution is -2.58. The van der Waals surface area contributed by atoms with E-state index in [9.17, 15) is 0 Å². The first-order chi connectivity index (χ1) is 5.79. The Balaban J connectivity index is 2.25. The molecular formula is C11H18N+. The van der Waals surface area contributed by atoms with Gasteiger partial charge in [0, 0.05) is 0 Å². The largest absolute Gasteiger partial charge is 0.355 e. The summed E-state index contributed by atoms with van der Waals surface area (Å²) < 4.78 is 0. The van der Waals surface area contributed by atoms with Gasteiger partial charge in [-0.25, -0.2) is 0 Å². The minimum Gasteiger partial charge on any atom is -0.355 e. The van der Waals surface area contributed by atoms with Crippen LogP contribution >= 0.6 is 0 Å². The summed E-state index contributed by atoms with van der Waals surface area (Å²) in [6, 6.07) is 11.2. The molecule has 0 aliphatic carbocycles. The third kappa shape index (κ3) is 3.54. The van der Waals surface area contributed by atoms with E-state index in [1.165, 1.54) is 24.8 Å². The van der Waals surface area contributed by atoms with Crippen LogP contribution in [0.5, 0.6) is 0 Å². The molecule has 0 radical (unpaired) electrons. The van der Waals surface area contributed by atoms with Gasteiger partial charge in [-0.3, -0.25) is 0 Å². The van der Waals surface area contributed by atoms with Crippen LogP contribution < -0.4 is 5.73 Å². The first-order valence-corrected chi connectivity index (χ1v) is 4.66. The Morgan fingerprint density at radius 2 is 1.92 bits per heavy atom. The topological polar surface area (TPSA) is 27.6 Å². The predicted octanol–water partition coefficient (Wildman–Crippen LogP) is 1.64. The Morgan fingerprint density at radius 1 is 1.25 bits per heavy atom. The normalized spacial score (nSPS) is 12.8. The van der Waals surface area contributed by atoms with Crippen LogP contribution in [0.1, 0.15) is 25.3 Å². The Morgan fingerprint density at radius 3 is 2.50 bits per heavy atom. The molecule has 0 amide bonds. The van der Waals surface area contributed by atoms with Gasteiger partial charge in [0.05, 0.1) is 6.04 Å². The molecule has 12 heavy (non-hydrogen) atoms. The van der Waals surface area contributed by atoms with Gasteiger partial charge in [-0.15, -0.1) is 0 Å². The molecule has 0 aliphatic heterocycles. The van der Waals surface area contributed by atoms with Crippen molar-refractivity contribution in [3.8, 4) is 0 Å². The fraction of sp³-hybridized carbons (Fsp3) is 0.455. The average molecular weight is 164 g/mol. The fourth-order valence-corrected chi connectivity index (χ4v) is 1.30. The van der Waals surface area contributed by atoms with E-state index in [4.69, 9.17) is 0 Å². The molecule has 1 aromatic rings. The van der Waals surface area contributed by atoms with Crippen molar-refractivity contribution in [2.45, 2.75) is 32.2 Å². The second-order valence-electron chi connectivity index (χ2n) is 3.48. The minimum atomic E-state index is 0.591. The van der Waals surface area contributed by atoms with Crippen LogP contribution in [0.3, 0.4) is 0 Å². The summed E-state index contributed by atoms with van der Waals surface area (Å²) in [5, 5.41) is 0. The number of aryl methyl sites for hydroxylation is 1. The molecule has 1 rings (SSSR count). The SMILES string of the molecule is C[C@@H]([NH3+])CCCc1ccccc1. The summed E-state index contributed by atoms with van der Waals surface area (Å²) in [4.78, 5) is 0. The summed E-state index contributed by atoms with van der Waals surface area (Å²) in [7, 11) is 0. The van der Waals surface area contributed by atoms with E-state index in [0.29, 0.717) is 6.04 Å². The molecule has 0 bridgehead atoms. The predicted molar refractivity (Wildman–Crippen MR) is 51.7 cm³/mol. The van der Waals surface area contributed by atoms with Gasteiger partial charge in [-0.05, 0) is 31.7 Å². The van der Waals surface area contributed by atoms with Gasteiger partial charge in [0.2, 0.25) is 0 Å². The van der Waals surface area contributed by atoms with E-state index in [1.54, 1.807) is 0 Å². The second kappa shape index (κ2) is 4.94. The molecule has 1 atom stereocenters. The molecule has 0 saturated carbocycles. The van der Waals surface area contributed by atoms with E-state index in [0.717, 1.165) is 0 Å². The molecule has 0 fully saturated rings. The molecule has 1 heteroatoms. The van der Waals surface area contributed by atoms with Gasteiger partial charge < -0.3 is 5.73 Å². The molecule has 0 spiro atoms. The Hall–Kier alpha value is -0.820. The Kier molecular flexibility index (Phi) is 3.81. The van der Waals surface area contributed by atoms with Crippen molar-refractivity contribution < 1.29 is 5.73 Å². The smallest absolute Gasteiger partial charge is 0.0815 e. The van der Waals surface area contributed by atoms with Crippen molar-refractivity contribution in [2.75, 3.05) is 0 Å². The third-order valence-corrected chi connectivity index (χ3v) is 2.01. The highest BCUT2D eigenvalue weighted by atomic mass is 14.6. The van der Waals surface area contributed by atoms with E-state index in [2.05, 4.69) is 43.0 Å². The number of quaternary nitrogens is 1. The van der Waals surface area contributed by atoms with Gasteiger partial charge in [0.25, 0.3) is 0 Å². The molecule has 3 N–H and O–H groups in total. The second-order valence-corrected chi connectivity index (χ2v) is 3.48. The Labute approximate surface area is 74.6 Å². The van der Waals surface area contributed by atoms with Crippen molar-refractivity contribution in [3.63, 3.8) is 0 Å². The van der Waals surface area contributed by atoms with Crippen LogP contribution in [0.4, 0.5) is 0 Å². The summed E-state index contributed by atoms with van der Waals surface area (Å²) in [5.41, 5.74) is 5.41. The molecule has 1 nitrogen and oxygen atoms in total. The lowest BCUT2D eigenvalue weighted by atomic mass is 10.1. The first-order valence-electron chi connectivity index (χ1n) is 4.66. The highest BCUT2D eigenvalue weighted by Gasteiger charge is 1.97. The zero-order chi connectivity index (χ0) is 8.81. The molecule has 0 heterocycles. The van der Waals surface area contributed by atoms with Crippen LogP contribution in [-0.2, 0) is 6.42 Å². The van der Waals surface area contributed by atoms with E-state index < -0.39 is 0 Å². The molecular weight excluding hydrogens is 146 g/mol. The minimum absolute atomic E-state index is 0.591. The molecule has 0 unspecified atom stereocenters. The van der Waals surface area contributed by atoms with Gasteiger partial charge in [-0.1, -0.05) is 30.3 Å². The average Bonchev–Trinajstić information content (AvgIpc) is 2.05. The molecule has 0 saturated heterocycles. The molecule has 66 valence electrons. The van der Waals surface area contributed by atoms with E-state index >= 15 is 0 Å². The van der Waals surface area contributed by atoms with Gasteiger partial charge in [0.1, 0.15) is 0 Å². The lowest BCUT2D eigenvalue weighted by Gasteiger charge is -2.01. The maximum absolute atomic E-state index is 3.97. The molecule has 1 aromatic carbocycles. The van der Waals surface area contributed by atoms with E-state index in [-0.39, 0.29) is 0 Å². The van der Waals surface area contributed by atoms with Crippen LogP contribution in [0.25, 0.3) is 0 Å². The third-order valence-electron chi connectivity index (χ3n) is 2.01. The molecule has 0 aliphatic rings. The van der Waals surface area contributed by atoms with Crippen LogP contribution in [-0.4, -0.2) is 6.04 Å². The fourth-order valence-electron chi connectivity index (χ4n) is 1.30. The summed E-state index contributed by atoms with van der Waals surface area (Å²) in [6.07, 6.45) is 3.68. The molecule has 0 aromatic heterocycles. The maximum Gasteiger partial charge on any atom is 0.0815 e. The van der Waals surface area contributed by atoms with Crippen LogP contribution in [0.2, 0.25) is 0 Å². The Bertz CT molecular complexity index is 204. The summed E-state index contributed by atoms with van der Waals surface area (Å²) in [6.45, 7) is 2.17. The lowest BCUT2D eigenvalue weighted by molar-refractivity contribution is -0.415. The quantitative estimate of drug-likeness (QED) is 0.700. The number of benzene rings is 1. The van der Waals surface area contributed by atoms with Gasteiger partial charge in [0.15, 0.2) is 0 Å². The van der Waals surface area contributed by atoms with Crippen molar-refractivity contribution >= 4 is 0 Å². The van der Waals surface area contributed by atoms with Crippen LogP contribution in [0, 0.1) is 0 Å². The van der Waals surface area contributed by atoms with Crippen molar-refractivity contribution in [2.24, 2.45) is 0 Å². The zero-order valence-electron chi connectivity index (χ0n) is 7.79. The number of hydrogen-bond donors (Lipinski definition) is 1. The van der Waals surface area contributed by atoms with Crippen molar-refractivity contribution in [3.05, 3.63) is 35.9 Å². The number of hydrogen-bond acceptors (Lipinski definition) is 0. The van der Waals surface area contributed by atoms with Crippen LogP contribution in [0.15, 0.2) is 30.3 Å². The monoisotopic (exact) mass is 164 g/mol. The highest BCUT2D eigenvalue weighted by Crippen LogP contribution is 2.04. The van der Waals surface area contributed by atoms with Crippen molar-refractivity contribution in [1.82, 2.24) is 0 Å². The summed E-state index contributed by atoms with van der Waals surface area (Å²) >= 11 is 0. The van der Waals surface area contributed by atoms with Gasteiger partial charge in [-0.2, -0.15) is 0 Å². The van der Waals surface area contributed by atoms with Crippen molar-refractivity contribution in [1.29, 1.82) is 0 Å². The standard InChI is InChI=1S/C11H17N/c1-10(12)6-5-9-11-7-3-2-4-8-11/h2-4,7-8,10H,5-6,9,12H2,1H3/p+1/t10-/m1/s1. The first kappa shape index (κ1) is 9.27. The zero-order valence-corrected chi connectivity index (χ0v) is 7.79. The van der Waals surface area contributed by atoms with E-state index in [1.807, 2.05) is 0 Å². The maximum atomic E-state index is 3.97. The highest BCUT2D eigenvalue weighted by molar-refractivity contribution is 5.14. The summed E-state index contributed by atoms with van der Waals surface area (Å²) in [5.74, 6) is 0.